The van der Waals surface area contributed by atoms with Gasteiger partial charge in [-0.3, -0.25) is 0 Å². The molecule has 6 heteroatoms. The van der Waals surface area contributed by atoms with E-state index >= 15 is 0 Å². The zero-order valence-corrected chi connectivity index (χ0v) is 11.1. The quantitative estimate of drug-likeness (QED) is 0.794. The lowest BCUT2D eigenvalue weighted by Crippen LogP contribution is -2.08. The summed E-state index contributed by atoms with van der Waals surface area (Å²) in [6.45, 7) is 4.80. The van der Waals surface area contributed by atoms with Gasteiger partial charge in [-0.25, -0.2) is 0 Å². The Kier molecular flexibility index (Phi) is 4.69. The van der Waals surface area contributed by atoms with Crippen molar-refractivity contribution in [2.24, 2.45) is 0 Å². The maximum Gasteiger partial charge on any atom is 0.244 e. The first-order valence-electron chi connectivity index (χ1n) is 5.81. The fraction of sp³-hybridized carbons (Fsp3) is 0.154. The highest BCUT2D eigenvalue weighted by Gasteiger charge is 2.02. The van der Waals surface area contributed by atoms with Gasteiger partial charge in [-0.15, -0.1) is 11.7 Å². The molecule has 0 aliphatic heterocycles. The number of hydrogen-bond donors (Lipinski definition) is 2. The second-order valence-corrected chi connectivity index (χ2v) is 4.19. The Bertz CT molecular complexity index is 558. The van der Waals surface area contributed by atoms with Gasteiger partial charge in [-0.1, -0.05) is 35.9 Å². The maximum absolute atomic E-state index is 6.07. The highest BCUT2D eigenvalue weighted by Crippen LogP contribution is 2.15. The molecule has 0 radical (unpaired) electrons. The summed E-state index contributed by atoms with van der Waals surface area (Å²) in [5.74, 6) is 1.10. The normalized spacial score (nSPS) is 9.95. The summed E-state index contributed by atoms with van der Waals surface area (Å²) in [4.78, 5) is 4.27. The molecule has 0 amide bonds. The van der Waals surface area contributed by atoms with Crippen molar-refractivity contribution in [1.82, 2.24) is 15.2 Å². The number of benzene rings is 1. The van der Waals surface area contributed by atoms with Crippen molar-refractivity contribution in [1.29, 1.82) is 0 Å². The molecule has 0 spiro atoms. The lowest BCUT2D eigenvalue weighted by molar-refractivity contribution is 0.944. The number of anilines is 2. The monoisotopic (exact) mass is 275 g/mol. The van der Waals surface area contributed by atoms with Gasteiger partial charge < -0.3 is 10.6 Å². The number of hydrogen-bond acceptors (Lipinski definition) is 5. The van der Waals surface area contributed by atoms with Gasteiger partial charge in [0.15, 0.2) is 5.82 Å². The summed E-state index contributed by atoms with van der Waals surface area (Å²) in [5, 5.41) is 14.6. The molecule has 98 valence electrons. The van der Waals surface area contributed by atoms with Crippen molar-refractivity contribution in [3.8, 4) is 0 Å². The molecule has 0 unspecified atom stereocenters. The van der Waals surface area contributed by atoms with E-state index in [4.69, 9.17) is 11.6 Å². The van der Waals surface area contributed by atoms with E-state index in [1.54, 1.807) is 12.3 Å². The molecule has 5 nitrogen and oxygen atoms in total. The Balaban J connectivity index is 1.99. The van der Waals surface area contributed by atoms with Gasteiger partial charge in [-0.05, 0) is 11.6 Å². The second-order valence-electron chi connectivity index (χ2n) is 3.78. The van der Waals surface area contributed by atoms with Crippen LogP contribution in [-0.2, 0) is 6.54 Å². The van der Waals surface area contributed by atoms with E-state index in [0.717, 1.165) is 5.56 Å². The van der Waals surface area contributed by atoms with Crippen LogP contribution in [0.4, 0.5) is 11.8 Å². The molecule has 0 bridgehead atoms. The van der Waals surface area contributed by atoms with Crippen molar-refractivity contribution in [3.63, 3.8) is 0 Å². The van der Waals surface area contributed by atoms with Crippen molar-refractivity contribution in [2.45, 2.75) is 6.54 Å². The van der Waals surface area contributed by atoms with E-state index < -0.39 is 0 Å². The first kappa shape index (κ1) is 13.3. The molecular formula is C13H14ClN5. The summed E-state index contributed by atoms with van der Waals surface area (Å²) in [6.07, 6.45) is 3.31. The minimum Gasteiger partial charge on any atom is -0.365 e. The van der Waals surface area contributed by atoms with Crippen LogP contribution < -0.4 is 10.6 Å². The SMILES string of the molecule is C=CCNc1cnnc(NCc2ccccc2Cl)n1. The fourth-order valence-electron chi connectivity index (χ4n) is 1.46. The maximum atomic E-state index is 6.07. The van der Waals surface area contributed by atoms with Crippen molar-refractivity contribution >= 4 is 23.4 Å². The summed E-state index contributed by atoms with van der Waals surface area (Å²) in [7, 11) is 0. The van der Waals surface area contributed by atoms with Gasteiger partial charge in [0.05, 0.1) is 6.20 Å². The zero-order valence-electron chi connectivity index (χ0n) is 10.3. The molecule has 1 heterocycles. The Morgan fingerprint density at radius 1 is 1.26 bits per heavy atom. The van der Waals surface area contributed by atoms with Gasteiger partial charge in [-0.2, -0.15) is 10.1 Å². The Morgan fingerprint density at radius 3 is 2.89 bits per heavy atom. The standard InChI is InChI=1S/C13H14ClN5/c1-2-7-15-12-9-17-19-13(18-12)16-8-10-5-3-4-6-11(10)14/h2-6,9H,1,7-8H2,(H2,15,16,18,19). The predicted molar refractivity (Wildman–Crippen MR) is 77.3 cm³/mol. The van der Waals surface area contributed by atoms with E-state index in [2.05, 4.69) is 32.4 Å². The molecule has 0 fully saturated rings. The van der Waals surface area contributed by atoms with Crippen molar-refractivity contribution in [2.75, 3.05) is 17.2 Å². The number of nitrogens with one attached hydrogen (secondary N) is 2. The first-order chi connectivity index (χ1) is 9.29. The number of nitrogens with zero attached hydrogens (tertiary/aromatic N) is 3. The average molecular weight is 276 g/mol. The molecule has 2 aromatic rings. The van der Waals surface area contributed by atoms with Crippen molar-refractivity contribution < 1.29 is 0 Å². The summed E-state index contributed by atoms with van der Waals surface area (Å²) in [6, 6.07) is 7.62. The lowest BCUT2D eigenvalue weighted by Gasteiger charge is -2.07. The smallest absolute Gasteiger partial charge is 0.244 e. The first-order valence-corrected chi connectivity index (χ1v) is 6.19. The Hall–Kier alpha value is -2.14. The van der Waals surface area contributed by atoms with E-state index in [9.17, 15) is 0 Å². The van der Waals surface area contributed by atoms with Crippen LogP contribution in [0.3, 0.4) is 0 Å². The third kappa shape index (κ3) is 3.93. The van der Waals surface area contributed by atoms with Gasteiger partial charge in [0.2, 0.25) is 5.95 Å². The van der Waals surface area contributed by atoms with Crippen LogP contribution in [0.2, 0.25) is 5.02 Å². The largest absolute Gasteiger partial charge is 0.365 e. The third-order valence-corrected chi connectivity index (χ3v) is 2.75. The van der Waals surface area contributed by atoms with Gasteiger partial charge in [0, 0.05) is 18.1 Å². The molecule has 0 aliphatic carbocycles. The molecule has 19 heavy (non-hydrogen) atoms. The van der Waals surface area contributed by atoms with E-state index in [-0.39, 0.29) is 0 Å². The average Bonchev–Trinajstić information content (AvgIpc) is 2.45. The summed E-state index contributed by atoms with van der Waals surface area (Å²) >= 11 is 6.07. The van der Waals surface area contributed by atoms with E-state index in [1.807, 2.05) is 24.3 Å². The van der Waals surface area contributed by atoms with Gasteiger partial charge >= 0.3 is 0 Å². The van der Waals surface area contributed by atoms with Crippen LogP contribution in [0.25, 0.3) is 0 Å². The zero-order chi connectivity index (χ0) is 13.5. The molecule has 2 N–H and O–H groups in total. The van der Waals surface area contributed by atoms with Crippen LogP contribution in [-0.4, -0.2) is 21.7 Å². The van der Waals surface area contributed by atoms with Crippen LogP contribution >= 0.6 is 11.6 Å². The molecule has 2 rings (SSSR count). The van der Waals surface area contributed by atoms with Crippen LogP contribution in [0.5, 0.6) is 0 Å². The molecule has 1 aromatic carbocycles. The van der Waals surface area contributed by atoms with Crippen LogP contribution in [0.15, 0.2) is 43.1 Å². The molecule has 1 aromatic heterocycles. The number of halogens is 1. The van der Waals surface area contributed by atoms with E-state index in [0.29, 0.717) is 29.9 Å². The van der Waals surface area contributed by atoms with Gasteiger partial charge in [0.25, 0.3) is 0 Å². The highest BCUT2D eigenvalue weighted by atomic mass is 35.5. The van der Waals surface area contributed by atoms with Gasteiger partial charge in [0.1, 0.15) is 0 Å². The molecule has 0 saturated heterocycles. The predicted octanol–water partition coefficient (Wildman–Crippen LogP) is 2.74. The fourth-order valence-corrected chi connectivity index (χ4v) is 1.66. The minimum absolute atomic E-state index is 0.453. The minimum atomic E-state index is 0.453. The summed E-state index contributed by atoms with van der Waals surface area (Å²) in [5.41, 5.74) is 0.984. The third-order valence-electron chi connectivity index (χ3n) is 2.38. The molecule has 0 atom stereocenters. The molecular weight excluding hydrogens is 262 g/mol. The number of aromatic nitrogens is 3. The highest BCUT2D eigenvalue weighted by molar-refractivity contribution is 6.31. The second kappa shape index (κ2) is 6.70. The molecule has 0 saturated carbocycles. The number of rotatable bonds is 6. The Labute approximate surface area is 116 Å². The molecule has 0 aliphatic rings. The summed E-state index contributed by atoms with van der Waals surface area (Å²) < 4.78 is 0. The topological polar surface area (TPSA) is 62.7 Å². The lowest BCUT2D eigenvalue weighted by atomic mass is 10.2. The van der Waals surface area contributed by atoms with E-state index in [1.165, 1.54) is 0 Å². The Morgan fingerprint density at radius 2 is 2.11 bits per heavy atom. The van der Waals surface area contributed by atoms with Crippen molar-refractivity contribution in [3.05, 3.63) is 53.7 Å². The van der Waals surface area contributed by atoms with Crippen LogP contribution in [0, 0.1) is 0 Å². The van der Waals surface area contributed by atoms with Crippen LogP contribution in [0.1, 0.15) is 5.56 Å².